The normalized spacial score (nSPS) is 11.4. The number of benzene rings is 2. The maximum atomic E-state index is 11.2. The summed E-state index contributed by atoms with van der Waals surface area (Å²) in [4.78, 5) is 17.3. The third-order valence-corrected chi connectivity index (χ3v) is 6.90. The van der Waals surface area contributed by atoms with Gasteiger partial charge in [0.15, 0.2) is 0 Å². The van der Waals surface area contributed by atoms with Crippen LogP contribution in [0.25, 0.3) is 11.0 Å². The molecule has 37 heavy (non-hydrogen) atoms. The number of rotatable bonds is 10. The van der Waals surface area contributed by atoms with Crippen LogP contribution in [0.5, 0.6) is 0 Å². The van der Waals surface area contributed by atoms with E-state index in [9.17, 15) is 4.79 Å². The van der Waals surface area contributed by atoms with Crippen molar-refractivity contribution in [3.63, 3.8) is 0 Å². The molecular formula is C30H46N4O2S. The second kappa shape index (κ2) is 14.4. The number of ether oxygens (including phenoxy) is 1. The number of carbonyl (C=O) groups is 1. The molecule has 0 atom stereocenters. The van der Waals surface area contributed by atoms with Gasteiger partial charge in [0.1, 0.15) is 5.82 Å². The predicted molar refractivity (Wildman–Crippen MR) is 160 cm³/mol. The molecule has 0 aliphatic heterocycles. The zero-order valence-corrected chi connectivity index (χ0v) is 25.0. The second-order valence-corrected chi connectivity index (χ2v) is 11.6. The molecule has 7 heteroatoms. The van der Waals surface area contributed by atoms with E-state index < -0.39 is 0 Å². The number of nitrogens with one attached hydrogen (secondary N) is 1. The summed E-state index contributed by atoms with van der Waals surface area (Å²) < 4.78 is 9.71. The van der Waals surface area contributed by atoms with E-state index in [1.807, 2.05) is 31.2 Å². The molecule has 0 bridgehead atoms. The van der Waals surface area contributed by atoms with E-state index in [-0.39, 0.29) is 11.3 Å². The molecule has 0 saturated heterocycles. The molecule has 0 aliphatic rings. The van der Waals surface area contributed by atoms with Gasteiger partial charge in [0.05, 0.1) is 11.0 Å². The van der Waals surface area contributed by atoms with Crippen LogP contribution in [0.2, 0.25) is 0 Å². The van der Waals surface area contributed by atoms with Gasteiger partial charge in [0.25, 0.3) is 0 Å². The van der Waals surface area contributed by atoms with Crippen LogP contribution in [0, 0.1) is 5.92 Å². The van der Waals surface area contributed by atoms with Gasteiger partial charge in [-0.2, -0.15) is 0 Å². The van der Waals surface area contributed by atoms with Crippen molar-refractivity contribution in [2.45, 2.75) is 85.6 Å². The van der Waals surface area contributed by atoms with Crippen molar-refractivity contribution in [3.05, 3.63) is 48.3 Å². The third-order valence-electron chi connectivity index (χ3n) is 5.73. The SMILES string of the molecule is CCN(Sc1ccc(NC(C)=O)cc1)c1ccc2c(c1)nc(C(C)(C)C)n2CC.CCOCCC(C)C. The van der Waals surface area contributed by atoms with Crippen molar-refractivity contribution in [2.24, 2.45) is 5.92 Å². The molecule has 0 radical (unpaired) electrons. The van der Waals surface area contributed by atoms with Gasteiger partial charge in [-0.15, -0.1) is 0 Å². The maximum Gasteiger partial charge on any atom is 0.221 e. The topological polar surface area (TPSA) is 59.4 Å². The van der Waals surface area contributed by atoms with E-state index in [1.54, 1.807) is 11.9 Å². The highest BCUT2D eigenvalue weighted by atomic mass is 32.2. The molecule has 0 fully saturated rings. The number of imidazole rings is 1. The van der Waals surface area contributed by atoms with Gasteiger partial charge in [-0.3, -0.25) is 4.79 Å². The number of amides is 1. The molecule has 1 aromatic heterocycles. The van der Waals surface area contributed by atoms with Crippen LogP contribution in [-0.2, 0) is 21.5 Å². The average molecular weight is 527 g/mol. The molecule has 1 heterocycles. The fraction of sp³-hybridized carbons (Fsp3) is 0.533. The Labute approximate surface area is 228 Å². The number of nitrogens with zero attached hydrogens (tertiary/aromatic N) is 3. The lowest BCUT2D eigenvalue weighted by Crippen LogP contribution is -2.18. The molecule has 1 N–H and O–H groups in total. The number of anilines is 2. The van der Waals surface area contributed by atoms with E-state index in [0.717, 1.165) is 59.8 Å². The fourth-order valence-corrected chi connectivity index (χ4v) is 4.72. The Hall–Kier alpha value is -2.51. The van der Waals surface area contributed by atoms with Crippen molar-refractivity contribution in [2.75, 3.05) is 29.4 Å². The zero-order chi connectivity index (χ0) is 27.6. The first-order valence-corrected chi connectivity index (χ1v) is 14.2. The lowest BCUT2D eigenvalue weighted by molar-refractivity contribution is -0.114. The van der Waals surface area contributed by atoms with Gasteiger partial charge in [0, 0.05) is 54.9 Å². The van der Waals surface area contributed by atoms with Crippen LogP contribution in [0.1, 0.15) is 74.6 Å². The maximum absolute atomic E-state index is 11.2. The molecule has 0 unspecified atom stereocenters. The van der Waals surface area contributed by atoms with Crippen molar-refractivity contribution >= 4 is 40.3 Å². The first-order chi connectivity index (χ1) is 17.5. The van der Waals surface area contributed by atoms with E-state index in [1.165, 1.54) is 18.9 Å². The van der Waals surface area contributed by atoms with Gasteiger partial charge in [-0.05, 0) is 87.5 Å². The molecule has 1 amide bonds. The molecule has 0 spiro atoms. The van der Waals surface area contributed by atoms with Crippen LogP contribution >= 0.6 is 11.9 Å². The monoisotopic (exact) mass is 526 g/mol. The van der Waals surface area contributed by atoms with Crippen LogP contribution in [0.3, 0.4) is 0 Å². The molecule has 0 aliphatic carbocycles. The first kappa shape index (κ1) is 30.7. The molecule has 3 rings (SSSR count). The predicted octanol–water partition coefficient (Wildman–Crippen LogP) is 7.91. The summed E-state index contributed by atoms with van der Waals surface area (Å²) in [6.07, 6.45) is 1.19. The minimum atomic E-state index is -0.0602. The highest BCUT2D eigenvalue weighted by molar-refractivity contribution is 8.00. The highest BCUT2D eigenvalue weighted by Gasteiger charge is 2.22. The van der Waals surface area contributed by atoms with Crippen LogP contribution in [-0.4, -0.2) is 35.2 Å². The Morgan fingerprint density at radius 1 is 1.11 bits per heavy atom. The van der Waals surface area contributed by atoms with Crippen molar-refractivity contribution in [1.82, 2.24) is 9.55 Å². The highest BCUT2D eigenvalue weighted by Crippen LogP contribution is 2.33. The summed E-state index contributed by atoms with van der Waals surface area (Å²) in [7, 11) is 0. The Bertz CT molecular complexity index is 1120. The lowest BCUT2D eigenvalue weighted by atomic mass is 9.96. The second-order valence-electron chi connectivity index (χ2n) is 10.5. The van der Waals surface area contributed by atoms with E-state index >= 15 is 0 Å². The number of hydrogen-bond acceptors (Lipinski definition) is 5. The number of aryl methyl sites for hydroxylation is 1. The Morgan fingerprint density at radius 2 is 1.78 bits per heavy atom. The smallest absolute Gasteiger partial charge is 0.221 e. The average Bonchev–Trinajstić information content (AvgIpc) is 3.22. The Morgan fingerprint density at radius 3 is 2.30 bits per heavy atom. The van der Waals surface area contributed by atoms with Crippen LogP contribution in [0.4, 0.5) is 11.4 Å². The van der Waals surface area contributed by atoms with Gasteiger partial charge < -0.3 is 18.9 Å². The summed E-state index contributed by atoms with van der Waals surface area (Å²) in [6.45, 7) is 22.5. The Balaban J connectivity index is 0.000000521. The summed E-state index contributed by atoms with van der Waals surface area (Å²) in [5.74, 6) is 1.84. The van der Waals surface area contributed by atoms with Gasteiger partial charge in [-0.25, -0.2) is 4.98 Å². The zero-order valence-electron chi connectivity index (χ0n) is 24.2. The van der Waals surface area contributed by atoms with Crippen molar-refractivity contribution in [1.29, 1.82) is 0 Å². The molecule has 0 saturated carbocycles. The standard InChI is InChI=1S/C23H30N4OS.C7H16O/c1-7-26-21-14-11-18(15-20(21)25-22(26)23(4,5)6)27(8-2)29-19-12-9-17(10-13-19)24-16(3)28;1-4-8-6-5-7(2)3/h9-15H,7-8H2,1-6H3,(H,24,28);7H,4-6H2,1-3H3. The number of hydrogen-bond donors (Lipinski definition) is 1. The summed E-state index contributed by atoms with van der Waals surface area (Å²) in [6, 6.07) is 14.4. The molecule has 2 aromatic carbocycles. The van der Waals surface area contributed by atoms with E-state index in [4.69, 9.17) is 9.72 Å². The molecular weight excluding hydrogens is 480 g/mol. The van der Waals surface area contributed by atoms with Crippen LogP contribution < -0.4 is 9.62 Å². The van der Waals surface area contributed by atoms with Gasteiger partial charge in [-0.1, -0.05) is 34.6 Å². The lowest BCUT2D eigenvalue weighted by Gasteiger charge is -2.22. The minimum Gasteiger partial charge on any atom is -0.382 e. The third kappa shape index (κ3) is 9.38. The van der Waals surface area contributed by atoms with Gasteiger partial charge in [0.2, 0.25) is 5.91 Å². The quantitative estimate of drug-likeness (QED) is 0.215. The molecule has 3 aromatic rings. The van der Waals surface area contributed by atoms with E-state index in [2.05, 4.69) is 80.9 Å². The largest absolute Gasteiger partial charge is 0.382 e. The Kier molecular flexibility index (Phi) is 12.0. The number of aromatic nitrogens is 2. The van der Waals surface area contributed by atoms with E-state index in [0.29, 0.717) is 0 Å². The summed E-state index contributed by atoms with van der Waals surface area (Å²) >= 11 is 1.69. The minimum absolute atomic E-state index is 0.00401. The number of carbonyl (C=O) groups excluding carboxylic acids is 1. The number of fused-ring (bicyclic) bond motifs is 1. The van der Waals surface area contributed by atoms with Crippen molar-refractivity contribution < 1.29 is 9.53 Å². The van der Waals surface area contributed by atoms with Crippen LogP contribution in [0.15, 0.2) is 47.4 Å². The summed E-state index contributed by atoms with van der Waals surface area (Å²) in [5, 5.41) is 2.80. The molecule has 204 valence electrons. The molecule has 6 nitrogen and oxygen atoms in total. The van der Waals surface area contributed by atoms with Gasteiger partial charge >= 0.3 is 0 Å². The summed E-state index contributed by atoms with van der Waals surface area (Å²) in [5.41, 5.74) is 4.17. The van der Waals surface area contributed by atoms with Crippen molar-refractivity contribution in [3.8, 4) is 0 Å². The first-order valence-electron chi connectivity index (χ1n) is 13.4. The fourth-order valence-electron chi connectivity index (χ4n) is 3.86.